The SMILES string of the molecule is CC/C=C\C/C=C\C/C=C\C/C=C\C/C=C\CCCCCCCCOCC(COP(=O)(O)OCC[N+](C)(C)C)OC(=O)CCCCCCCCCCCCCCCCCCCC. The second kappa shape index (κ2) is 45.8. The maximum absolute atomic E-state index is 12.8. The minimum atomic E-state index is -4.29. The maximum atomic E-state index is 12.8. The summed E-state index contributed by atoms with van der Waals surface area (Å²) in [6, 6.07) is 0. The van der Waals surface area contributed by atoms with Crippen molar-refractivity contribution in [2.45, 2.75) is 219 Å². The van der Waals surface area contributed by atoms with Crippen molar-refractivity contribution in [1.29, 1.82) is 0 Å². The van der Waals surface area contributed by atoms with Gasteiger partial charge in [0.15, 0.2) is 0 Å². The van der Waals surface area contributed by atoms with Gasteiger partial charge in [-0.2, -0.15) is 0 Å². The summed E-state index contributed by atoms with van der Waals surface area (Å²) in [4.78, 5) is 23.0. The lowest BCUT2D eigenvalue weighted by Gasteiger charge is -2.24. The van der Waals surface area contributed by atoms with Gasteiger partial charge in [0.25, 0.3) is 0 Å². The number of ether oxygens (including phenoxy) is 2. The van der Waals surface area contributed by atoms with Crippen molar-refractivity contribution in [3.05, 3.63) is 60.8 Å². The first-order valence-corrected chi connectivity index (χ1v) is 27.0. The monoisotopic (exact) mass is 893 g/mol. The molecule has 0 radical (unpaired) electrons. The molecule has 0 bridgehead atoms. The van der Waals surface area contributed by atoms with Crippen LogP contribution in [0, 0.1) is 0 Å². The van der Waals surface area contributed by atoms with Crippen LogP contribution in [0.15, 0.2) is 60.8 Å². The van der Waals surface area contributed by atoms with E-state index in [0.717, 1.165) is 77.0 Å². The fourth-order valence-corrected chi connectivity index (χ4v) is 7.67. The van der Waals surface area contributed by atoms with E-state index in [-0.39, 0.29) is 25.8 Å². The molecule has 362 valence electrons. The highest BCUT2D eigenvalue weighted by molar-refractivity contribution is 7.47. The molecule has 0 spiro atoms. The zero-order valence-corrected chi connectivity index (χ0v) is 42.0. The summed E-state index contributed by atoms with van der Waals surface area (Å²) in [5.41, 5.74) is 0. The van der Waals surface area contributed by atoms with Gasteiger partial charge in [-0.15, -0.1) is 0 Å². The van der Waals surface area contributed by atoms with Gasteiger partial charge in [0, 0.05) is 13.0 Å². The van der Waals surface area contributed by atoms with Crippen molar-refractivity contribution in [1.82, 2.24) is 0 Å². The summed E-state index contributed by atoms with van der Waals surface area (Å²) >= 11 is 0. The molecule has 2 unspecified atom stereocenters. The van der Waals surface area contributed by atoms with Gasteiger partial charge < -0.3 is 18.9 Å². The van der Waals surface area contributed by atoms with E-state index in [0.29, 0.717) is 24.1 Å². The predicted molar refractivity (Wildman–Crippen MR) is 266 cm³/mol. The van der Waals surface area contributed by atoms with Crippen molar-refractivity contribution in [3.8, 4) is 0 Å². The number of phosphoric acid groups is 1. The van der Waals surface area contributed by atoms with Crippen LogP contribution in [0.1, 0.15) is 213 Å². The molecule has 0 aliphatic carbocycles. The molecule has 1 N–H and O–H groups in total. The number of esters is 1. The second-order valence-electron chi connectivity index (χ2n) is 18.2. The van der Waals surface area contributed by atoms with E-state index in [2.05, 4.69) is 74.6 Å². The molecule has 0 saturated heterocycles. The van der Waals surface area contributed by atoms with E-state index >= 15 is 0 Å². The number of hydrogen-bond donors (Lipinski definition) is 1. The van der Waals surface area contributed by atoms with Gasteiger partial charge in [-0.05, 0) is 57.8 Å². The van der Waals surface area contributed by atoms with Gasteiger partial charge in [-0.25, -0.2) is 4.57 Å². The van der Waals surface area contributed by atoms with E-state index in [9.17, 15) is 14.3 Å². The number of carbonyl (C=O) groups excluding carboxylic acids is 1. The Kier molecular flexibility index (Phi) is 44.4. The minimum Gasteiger partial charge on any atom is -0.457 e. The first kappa shape index (κ1) is 60.2. The maximum Gasteiger partial charge on any atom is 0.472 e. The van der Waals surface area contributed by atoms with Crippen molar-refractivity contribution in [3.63, 3.8) is 0 Å². The van der Waals surface area contributed by atoms with Crippen molar-refractivity contribution < 1.29 is 37.3 Å². The van der Waals surface area contributed by atoms with Crippen LogP contribution >= 0.6 is 7.82 Å². The Hall–Kier alpha value is -1.80. The lowest BCUT2D eigenvalue weighted by atomic mass is 10.0. The molecule has 9 heteroatoms. The number of phosphoric ester groups is 1. The lowest BCUT2D eigenvalue weighted by Crippen LogP contribution is -2.37. The lowest BCUT2D eigenvalue weighted by molar-refractivity contribution is -0.870. The number of carbonyl (C=O) groups is 1. The highest BCUT2D eigenvalue weighted by Gasteiger charge is 2.26. The zero-order valence-electron chi connectivity index (χ0n) is 41.1. The molecule has 0 heterocycles. The summed E-state index contributed by atoms with van der Waals surface area (Å²) in [6.07, 6.45) is 58.3. The molecule has 0 saturated carbocycles. The first-order chi connectivity index (χ1) is 30.1. The molecule has 62 heavy (non-hydrogen) atoms. The fraction of sp³-hybridized carbons (Fsp3) is 0.792. The zero-order chi connectivity index (χ0) is 45.5. The van der Waals surface area contributed by atoms with Crippen LogP contribution in [0.2, 0.25) is 0 Å². The van der Waals surface area contributed by atoms with Crippen molar-refractivity contribution in [2.75, 3.05) is 54.1 Å². The average Bonchev–Trinajstić information content (AvgIpc) is 3.23. The fourth-order valence-electron chi connectivity index (χ4n) is 6.93. The van der Waals surface area contributed by atoms with E-state index in [1.54, 1.807) is 0 Å². The van der Waals surface area contributed by atoms with Gasteiger partial charge in [0.1, 0.15) is 19.3 Å². The Balaban J connectivity index is 4.18. The summed E-state index contributed by atoms with van der Waals surface area (Å²) in [6.45, 7) is 5.50. The van der Waals surface area contributed by atoms with E-state index < -0.39 is 13.9 Å². The van der Waals surface area contributed by atoms with Crippen molar-refractivity contribution >= 4 is 13.8 Å². The second-order valence-corrected chi connectivity index (χ2v) is 19.6. The number of rotatable bonds is 47. The molecule has 8 nitrogen and oxygen atoms in total. The smallest absolute Gasteiger partial charge is 0.457 e. The van der Waals surface area contributed by atoms with Gasteiger partial charge in [-0.3, -0.25) is 13.8 Å². The van der Waals surface area contributed by atoms with Gasteiger partial charge in [0.05, 0.1) is 34.4 Å². The number of likely N-dealkylation sites (N-methyl/N-ethyl adjacent to an activating group) is 1. The molecule has 0 aliphatic heterocycles. The first-order valence-electron chi connectivity index (χ1n) is 25.5. The Bertz CT molecular complexity index is 1170. The van der Waals surface area contributed by atoms with Crippen LogP contribution in [-0.4, -0.2) is 75.6 Å². The quantitative estimate of drug-likeness (QED) is 0.0214. The van der Waals surface area contributed by atoms with Crippen LogP contribution in [0.3, 0.4) is 0 Å². The molecule has 0 rings (SSSR count). The van der Waals surface area contributed by atoms with Crippen LogP contribution in [-0.2, 0) is 27.9 Å². The molecule has 0 aromatic heterocycles. The third-order valence-corrected chi connectivity index (χ3v) is 11.8. The van der Waals surface area contributed by atoms with Crippen LogP contribution in [0.5, 0.6) is 0 Å². The normalized spacial score (nSPS) is 14.1. The summed E-state index contributed by atoms with van der Waals surface area (Å²) in [5, 5.41) is 0. The van der Waals surface area contributed by atoms with Crippen molar-refractivity contribution in [2.24, 2.45) is 0 Å². The Morgan fingerprint density at radius 3 is 1.40 bits per heavy atom. The number of nitrogens with zero attached hydrogens (tertiary/aromatic N) is 1. The largest absolute Gasteiger partial charge is 0.472 e. The Labute approximate surface area is 383 Å². The summed E-state index contributed by atoms with van der Waals surface area (Å²) in [5.74, 6) is -0.318. The van der Waals surface area contributed by atoms with E-state index in [4.69, 9.17) is 18.5 Å². The number of unbranched alkanes of at least 4 members (excludes halogenated alkanes) is 23. The number of quaternary nitrogens is 1. The molecule has 0 aliphatic rings. The Morgan fingerprint density at radius 1 is 0.516 bits per heavy atom. The van der Waals surface area contributed by atoms with Crippen LogP contribution < -0.4 is 0 Å². The summed E-state index contributed by atoms with van der Waals surface area (Å²) in [7, 11) is 1.66. The molecule has 0 fully saturated rings. The van der Waals surface area contributed by atoms with Gasteiger partial charge in [-0.1, -0.05) is 209 Å². The average molecular weight is 893 g/mol. The highest BCUT2D eigenvalue weighted by atomic mass is 31.2. The van der Waals surface area contributed by atoms with Crippen LogP contribution in [0.4, 0.5) is 0 Å². The molecule has 0 aromatic rings. The standard InChI is InChI=1S/C53H98NO7P/c1-6-8-10-12-14-16-18-20-22-24-26-27-28-29-31-33-35-37-39-41-43-45-48-58-50-52(51-60-62(56,57)59-49-47-54(3,4)5)61-53(55)46-44-42-40-38-36-34-32-30-25-23-21-19-17-15-13-11-9-7-2/h8,10,14,16,20,22,26-27,29,31,52H,6-7,9,11-13,15,17-19,21,23-25,28,30,32-51H2,1-5H3/p+1/b10-8-,16-14-,22-20-,27-26-,31-29-. The van der Waals surface area contributed by atoms with Crippen LogP contribution in [0.25, 0.3) is 0 Å². The molecular formula is C53H99NO7P+. The third kappa shape index (κ3) is 49.2. The molecule has 0 aromatic carbocycles. The molecular weight excluding hydrogens is 794 g/mol. The van der Waals surface area contributed by atoms with E-state index in [1.807, 2.05) is 21.1 Å². The van der Waals surface area contributed by atoms with Gasteiger partial charge in [0.2, 0.25) is 0 Å². The summed E-state index contributed by atoms with van der Waals surface area (Å²) < 4.78 is 35.1. The topological polar surface area (TPSA) is 91.3 Å². The minimum absolute atomic E-state index is 0.0843. The Morgan fingerprint density at radius 2 is 0.935 bits per heavy atom. The van der Waals surface area contributed by atoms with Gasteiger partial charge >= 0.3 is 13.8 Å². The number of hydrogen-bond acceptors (Lipinski definition) is 6. The molecule has 2 atom stereocenters. The predicted octanol–water partition coefficient (Wildman–Crippen LogP) is 15.7. The number of allylic oxidation sites excluding steroid dienone is 10. The highest BCUT2D eigenvalue weighted by Crippen LogP contribution is 2.43. The van der Waals surface area contributed by atoms with E-state index in [1.165, 1.54) is 116 Å². The molecule has 0 amide bonds. The third-order valence-electron chi connectivity index (χ3n) is 10.8.